The predicted molar refractivity (Wildman–Crippen MR) is 142 cm³/mol. The molecule has 0 bridgehead atoms. The van der Waals surface area contributed by atoms with Crippen LogP contribution in [0.15, 0.2) is 24.4 Å². The molecule has 37 heavy (non-hydrogen) atoms. The van der Waals surface area contributed by atoms with Crippen LogP contribution in [-0.4, -0.2) is 21.8 Å². The SMILES string of the molecule is CCC[C@H](C1CCC(C(F)(F)F)CC1)n1cc(-c2ccc(Cl)cc2Cl)c2c1C(CC(=O)O)[C@@H](CC)CC2. The summed E-state index contributed by atoms with van der Waals surface area (Å²) in [5.74, 6) is -1.83. The van der Waals surface area contributed by atoms with E-state index in [1.807, 2.05) is 6.07 Å². The number of halogens is 5. The van der Waals surface area contributed by atoms with E-state index in [1.54, 1.807) is 12.1 Å². The van der Waals surface area contributed by atoms with Crippen molar-refractivity contribution in [1.29, 1.82) is 0 Å². The van der Waals surface area contributed by atoms with Crippen molar-refractivity contribution in [1.82, 2.24) is 4.57 Å². The Hall–Kier alpha value is -1.66. The van der Waals surface area contributed by atoms with Crippen molar-refractivity contribution >= 4 is 29.2 Å². The number of aromatic nitrogens is 1. The number of carbonyl (C=O) groups is 1. The summed E-state index contributed by atoms with van der Waals surface area (Å²) in [4.78, 5) is 12.0. The summed E-state index contributed by atoms with van der Waals surface area (Å²) in [6.45, 7) is 4.21. The molecule has 4 rings (SSSR count). The van der Waals surface area contributed by atoms with Crippen molar-refractivity contribution in [2.45, 2.75) is 96.2 Å². The van der Waals surface area contributed by atoms with Crippen LogP contribution in [0.4, 0.5) is 13.2 Å². The first-order valence-electron chi connectivity index (χ1n) is 13.5. The molecule has 0 amide bonds. The molecular formula is C29H36Cl2F3NO2. The van der Waals surface area contributed by atoms with Gasteiger partial charge < -0.3 is 9.67 Å². The molecule has 2 aliphatic carbocycles. The molecule has 1 aromatic carbocycles. The molecule has 2 aromatic rings. The van der Waals surface area contributed by atoms with E-state index in [2.05, 4.69) is 24.6 Å². The lowest BCUT2D eigenvalue weighted by molar-refractivity contribution is -0.184. The molecule has 0 spiro atoms. The van der Waals surface area contributed by atoms with E-state index in [0.717, 1.165) is 54.5 Å². The third kappa shape index (κ3) is 6.00. The molecule has 0 aliphatic heterocycles. The fourth-order valence-corrected chi connectivity index (χ4v) is 7.41. The summed E-state index contributed by atoms with van der Waals surface area (Å²) < 4.78 is 42.5. The van der Waals surface area contributed by atoms with Crippen LogP contribution in [0.25, 0.3) is 11.1 Å². The van der Waals surface area contributed by atoms with Gasteiger partial charge in [0.05, 0.1) is 12.3 Å². The standard InChI is InChI=1S/C29H36Cl2F3NO2/c1-3-5-26(18-6-9-19(10-7-18)29(32,33)34)35-16-24(21-13-11-20(30)14-25(21)31)22-12-8-17(4-2)23(28(22)35)15-27(36)37/h11,13-14,16-19,23,26H,3-10,12,15H2,1-2H3,(H,36,37)/t17-,18?,19?,23?,26+/m0/s1. The Labute approximate surface area is 227 Å². The number of rotatable bonds is 8. The molecule has 1 aromatic heterocycles. The number of hydrogen-bond donors (Lipinski definition) is 1. The Bertz CT molecular complexity index is 1110. The Morgan fingerprint density at radius 1 is 1.11 bits per heavy atom. The van der Waals surface area contributed by atoms with Crippen LogP contribution in [0.5, 0.6) is 0 Å². The van der Waals surface area contributed by atoms with Crippen LogP contribution < -0.4 is 0 Å². The van der Waals surface area contributed by atoms with Crippen molar-refractivity contribution < 1.29 is 23.1 Å². The first-order chi connectivity index (χ1) is 17.5. The fourth-order valence-electron chi connectivity index (χ4n) is 6.90. The van der Waals surface area contributed by atoms with Gasteiger partial charge in [-0.15, -0.1) is 0 Å². The Morgan fingerprint density at radius 3 is 2.38 bits per heavy atom. The number of hydrogen-bond acceptors (Lipinski definition) is 1. The Morgan fingerprint density at radius 2 is 1.81 bits per heavy atom. The lowest BCUT2D eigenvalue weighted by Gasteiger charge is -2.39. The summed E-state index contributed by atoms with van der Waals surface area (Å²) in [6, 6.07) is 5.46. The molecule has 1 saturated carbocycles. The number of fused-ring (bicyclic) bond motifs is 1. The largest absolute Gasteiger partial charge is 0.481 e. The van der Waals surface area contributed by atoms with Crippen molar-refractivity contribution in [3.05, 3.63) is 45.7 Å². The molecule has 0 saturated heterocycles. The second kappa shape index (κ2) is 11.6. The van der Waals surface area contributed by atoms with Crippen molar-refractivity contribution in [2.24, 2.45) is 17.8 Å². The number of carboxylic acids is 1. The predicted octanol–water partition coefficient (Wildman–Crippen LogP) is 9.70. The molecule has 3 atom stereocenters. The van der Waals surface area contributed by atoms with Crippen LogP contribution >= 0.6 is 23.2 Å². The van der Waals surface area contributed by atoms with E-state index < -0.39 is 18.1 Å². The molecule has 1 N–H and O–H groups in total. The second-order valence-electron chi connectivity index (χ2n) is 10.9. The minimum absolute atomic E-state index is 0.0275. The number of nitrogens with zero attached hydrogens (tertiary/aromatic N) is 1. The van der Waals surface area contributed by atoms with E-state index in [9.17, 15) is 23.1 Å². The molecular weight excluding hydrogens is 522 g/mol. The summed E-state index contributed by atoms with van der Waals surface area (Å²) >= 11 is 12.8. The number of aliphatic carboxylic acids is 1. The van der Waals surface area contributed by atoms with Crippen LogP contribution in [0.1, 0.15) is 94.9 Å². The van der Waals surface area contributed by atoms with Gasteiger partial charge in [0, 0.05) is 45.0 Å². The molecule has 204 valence electrons. The average molecular weight is 559 g/mol. The highest BCUT2D eigenvalue weighted by Crippen LogP contribution is 2.50. The quantitative estimate of drug-likeness (QED) is 0.351. The maximum Gasteiger partial charge on any atom is 0.391 e. The van der Waals surface area contributed by atoms with E-state index >= 15 is 0 Å². The van der Waals surface area contributed by atoms with Gasteiger partial charge in [0.1, 0.15) is 0 Å². The average Bonchev–Trinajstić information content (AvgIpc) is 3.21. The zero-order chi connectivity index (χ0) is 26.9. The normalized spacial score (nSPS) is 25.1. The van der Waals surface area contributed by atoms with E-state index in [-0.39, 0.29) is 43.1 Å². The van der Waals surface area contributed by atoms with Crippen LogP contribution in [0, 0.1) is 17.8 Å². The van der Waals surface area contributed by atoms with Gasteiger partial charge in [-0.3, -0.25) is 4.79 Å². The molecule has 1 fully saturated rings. The highest BCUT2D eigenvalue weighted by atomic mass is 35.5. The van der Waals surface area contributed by atoms with Gasteiger partial charge in [-0.05, 0) is 74.5 Å². The van der Waals surface area contributed by atoms with Crippen molar-refractivity contribution in [3.8, 4) is 11.1 Å². The zero-order valence-electron chi connectivity index (χ0n) is 21.5. The minimum atomic E-state index is -4.14. The number of alkyl halides is 3. The van der Waals surface area contributed by atoms with Crippen LogP contribution in [0.2, 0.25) is 10.0 Å². The van der Waals surface area contributed by atoms with E-state index in [4.69, 9.17) is 23.2 Å². The number of benzene rings is 1. The minimum Gasteiger partial charge on any atom is -0.481 e. The van der Waals surface area contributed by atoms with Gasteiger partial charge in [0.15, 0.2) is 0 Å². The monoisotopic (exact) mass is 557 g/mol. The van der Waals surface area contributed by atoms with Gasteiger partial charge in [0.2, 0.25) is 0 Å². The van der Waals surface area contributed by atoms with Crippen LogP contribution in [-0.2, 0) is 11.2 Å². The Balaban J connectivity index is 1.83. The van der Waals surface area contributed by atoms with E-state index in [1.165, 1.54) is 0 Å². The Kier molecular flexibility index (Phi) is 8.90. The molecule has 1 heterocycles. The fraction of sp³-hybridized carbons (Fsp3) is 0.621. The van der Waals surface area contributed by atoms with E-state index in [0.29, 0.717) is 22.9 Å². The molecule has 0 radical (unpaired) electrons. The summed E-state index contributed by atoms with van der Waals surface area (Å²) in [5.41, 5.74) is 4.04. The third-order valence-electron chi connectivity index (χ3n) is 8.73. The highest BCUT2D eigenvalue weighted by molar-refractivity contribution is 6.36. The lowest BCUT2D eigenvalue weighted by atomic mass is 9.73. The molecule has 2 aliphatic rings. The zero-order valence-corrected chi connectivity index (χ0v) is 23.0. The lowest BCUT2D eigenvalue weighted by Crippen LogP contribution is -2.32. The third-order valence-corrected chi connectivity index (χ3v) is 9.27. The van der Waals surface area contributed by atoms with Gasteiger partial charge in [-0.25, -0.2) is 0 Å². The maximum absolute atomic E-state index is 13.4. The summed E-state index contributed by atoms with van der Waals surface area (Å²) in [6.07, 6.45) is 3.73. The molecule has 1 unspecified atom stereocenters. The molecule has 3 nitrogen and oxygen atoms in total. The van der Waals surface area contributed by atoms with Gasteiger partial charge >= 0.3 is 12.1 Å². The van der Waals surface area contributed by atoms with Gasteiger partial charge in [-0.1, -0.05) is 56.0 Å². The van der Waals surface area contributed by atoms with Crippen LogP contribution in [0.3, 0.4) is 0 Å². The summed E-state index contributed by atoms with van der Waals surface area (Å²) in [5, 5.41) is 10.9. The topological polar surface area (TPSA) is 42.2 Å². The highest BCUT2D eigenvalue weighted by Gasteiger charge is 2.44. The first kappa shape index (κ1) is 28.4. The first-order valence-corrected chi connectivity index (χ1v) is 14.3. The second-order valence-corrected chi connectivity index (χ2v) is 11.7. The van der Waals surface area contributed by atoms with Gasteiger partial charge in [-0.2, -0.15) is 13.2 Å². The smallest absolute Gasteiger partial charge is 0.391 e. The maximum atomic E-state index is 13.4. The number of carboxylic acid groups (broad SMARTS) is 1. The molecule has 8 heteroatoms. The summed E-state index contributed by atoms with van der Waals surface area (Å²) in [7, 11) is 0. The van der Waals surface area contributed by atoms with Crippen molar-refractivity contribution in [3.63, 3.8) is 0 Å². The van der Waals surface area contributed by atoms with Crippen molar-refractivity contribution in [2.75, 3.05) is 0 Å². The van der Waals surface area contributed by atoms with Gasteiger partial charge in [0.25, 0.3) is 0 Å².